The SMILES string of the molecule is Cc1ccc(NC(=O)C2Cc3nc[nH]c3CN2)c(C)n1. The molecule has 3 heterocycles. The van der Waals surface area contributed by atoms with E-state index in [-0.39, 0.29) is 11.9 Å². The number of nitrogens with zero attached hydrogens (tertiary/aromatic N) is 2. The van der Waals surface area contributed by atoms with Crippen molar-refractivity contribution in [2.75, 3.05) is 5.32 Å². The van der Waals surface area contributed by atoms with Gasteiger partial charge in [0.2, 0.25) is 5.91 Å². The molecule has 1 aliphatic rings. The monoisotopic (exact) mass is 271 g/mol. The zero-order valence-corrected chi connectivity index (χ0v) is 11.5. The summed E-state index contributed by atoms with van der Waals surface area (Å²) in [6.45, 7) is 4.46. The number of imidazole rings is 1. The Morgan fingerprint density at radius 3 is 3.05 bits per heavy atom. The van der Waals surface area contributed by atoms with E-state index in [4.69, 9.17) is 0 Å². The second-order valence-electron chi connectivity index (χ2n) is 5.04. The summed E-state index contributed by atoms with van der Waals surface area (Å²) in [5.74, 6) is -0.0487. The lowest BCUT2D eigenvalue weighted by atomic mass is 10.0. The summed E-state index contributed by atoms with van der Waals surface area (Å²) < 4.78 is 0. The molecule has 6 nitrogen and oxygen atoms in total. The van der Waals surface area contributed by atoms with Gasteiger partial charge in [0.25, 0.3) is 0 Å². The molecule has 6 heteroatoms. The van der Waals surface area contributed by atoms with Crippen molar-refractivity contribution in [1.82, 2.24) is 20.3 Å². The number of rotatable bonds is 2. The molecule has 3 rings (SSSR count). The first-order valence-electron chi connectivity index (χ1n) is 6.63. The molecule has 1 aliphatic heterocycles. The van der Waals surface area contributed by atoms with Gasteiger partial charge in [-0.05, 0) is 26.0 Å². The molecule has 20 heavy (non-hydrogen) atoms. The quantitative estimate of drug-likeness (QED) is 0.763. The number of carbonyl (C=O) groups excluding carboxylic acids is 1. The number of fused-ring (bicyclic) bond motifs is 1. The van der Waals surface area contributed by atoms with Crippen LogP contribution in [-0.2, 0) is 17.8 Å². The van der Waals surface area contributed by atoms with Crippen molar-refractivity contribution in [2.24, 2.45) is 0 Å². The molecule has 0 saturated heterocycles. The highest BCUT2D eigenvalue weighted by Gasteiger charge is 2.26. The minimum absolute atomic E-state index is 0.0487. The molecule has 0 bridgehead atoms. The number of hydrogen-bond acceptors (Lipinski definition) is 4. The highest BCUT2D eigenvalue weighted by Crippen LogP contribution is 2.16. The van der Waals surface area contributed by atoms with Gasteiger partial charge in [0.05, 0.1) is 35.1 Å². The highest BCUT2D eigenvalue weighted by atomic mass is 16.2. The van der Waals surface area contributed by atoms with Crippen molar-refractivity contribution < 1.29 is 4.79 Å². The molecular weight excluding hydrogens is 254 g/mol. The molecule has 2 aromatic heterocycles. The van der Waals surface area contributed by atoms with Crippen molar-refractivity contribution >= 4 is 11.6 Å². The zero-order valence-electron chi connectivity index (χ0n) is 11.5. The molecule has 0 aliphatic carbocycles. The maximum Gasteiger partial charge on any atom is 0.241 e. The average Bonchev–Trinajstić information content (AvgIpc) is 2.89. The first-order valence-corrected chi connectivity index (χ1v) is 6.63. The number of aromatic nitrogens is 3. The standard InChI is InChI=1S/C14H17N5O/c1-8-3-4-10(9(2)18-8)19-14(20)12-5-11-13(6-15-12)17-7-16-11/h3-4,7,12,15H,5-6H2,1-2H3,(H,16,17)(H,19,20). The molecule has 2 aromatic rings. The Kier molecular flexibility index (Phi) is 3.23. The Bertz CT molecular complexity index is 649. The van der Waals surface area contributed by atoms with E-state index in [0.29, 0.717) is 13.0 Å². The first kappa shape index (κ1) is 12.8. The predicted molar refractivity (Wildman–Crippen MR) is 75.3 cm³/mol. The van der Waals surface area contributed by atoms with Crippen molar-refractivity contribution in [3.63, 3.8) is 0 Å². The number of nitrogens with one attached hydrogen (secondary N) is 3. The van der Waals surface area contributed by atoms with Gasteiger partial charge in [0.1, 0.15) is 0 Å². The van der Waals surface area contributed by atoms with Gasteiger partial charge in [-0.15, -0.1) is 0 Å². The summed E-state index contributed by atoms with van der Waals surface area (Å²) in [4.78, 5) is 23.9. The van der Waals surface area contributed by atoms with Crippen molar-refractivity contribution in [2.45, 2.75) is 32.9 Å². The van der Waals surface area contributed by atoms with Crippen LogP contribution in [0.5, 0.6) is 0 Å². The summed E-state index contributed by atoms with van der Waals surface area (Å²) >= 11 is 0. The van der Waals surface area contributed by atoms with Crippen LogP contribution in [0.4, 0.5) is 5.69 Å². The topological polar surface area (TPSA) is 82.7 Å². The highest BCUT2D eigenvalue weighted by molar-refractivity contribution is 5.95. The summed E-state index contributed by atoms with van der Waals surface area (Å²) in [5.41, 5.74) is 4.55. The number of amides is 1. The van der Waals surface area contributed by atoms with Crippen molar-refractivity contribution in [1.29, 1.82) is 0 Å². The van der Waals surface area contributed by atoms with E-state index >= 15 is 0 Å². The van der Waals surface area contributed by atoms with Gasteiger partial charge in [-0.25, -0.2) is 4.98 Å². The summed E-state index contributed by atoms with van der Waals surface area (Å²) in [7, 11) is 0. The van der Waals surface area contributed by atoms with E-state index in [9.17, 15) is 4.79 Å². The van der Waals surface area contributed by atoms with Gasteiger partial charge in [-0.3, -0.25) is 15.1 Å². The van der Waals surface area contributed by atoms with Crippen LogP contribution in [0, 0.1) is 13.8 Å². The minimum atomic E-state index is -0.258. The normalized spacial score (nSPS) is 17.6. The van der Waals surface area contributed by atoms with Crippen LogP contribution >= 0.6 is 0 Å². The molecule has 0 spiro atoms. The van der Waals surface area contributed by atoms with Gasteiger partial charge in [-0.2, -0.15) is 0 Å². The second-order valence-corrected chi connectivity index (χ2v) is 5.04. The molecule has 1 amide bonds. The number of carbonyl (C=O) groups is 1. The summed E-state index contributed by atoms with van der Waals surface area (Å²) in [5, 5.41) is 6.14. The fourth-order valence-electron chi connectivity index (χ4n) is 2.39. The van der Waals surface area contributed by atoms with E-state index in [0.717, 1.165) is 28.5 Å². The third-order valence-electron chi connectivity index (χ3n) is 3.53. The molecule has 0 aromatic carbocycles. The lowest BCUT2D eigenvalue weighted by Crippen LogP contribution is -2.44. The van der Waals surface area contributed by atoms with Crippen LogP contribution in [0.15, 0.2) is 18.5 Å². The van der Waals surface area contributed by atoms with Crippen LogP contribution in [0.2, 0.25) is 0 Å². The molecule has 3 N–H and O–H groups in total. The first-order chi connectivity index (χ1) is 9.63. The maximum atomic E-state index is 12.3. The number of pyridine rings is 1. The van der Waals surface area contributed by atoms with Crippen LogP contribution in [0.3, 0.4) is 0 Å². The smallest absolute Gasteiger partial charge is 0.241 e. The number of aryl methyl sites for hydroxylation is 2. The lowest BCUT2D eigenvalue weighted by molar-refractivity contribution is -0.118. The van der Waals surface area contributed by atoms with Gasteiger partial charge in [0.15, 0.2) is 0 Å². The lowest BCUT2D eigenvalue weighted by Gasteiger charge is -2.22. The third kappa shape index (κ3) is 2.42. The fourth-order valence-corrected chi connectivity index (χ4v) is 2.39. The summed E-state index contributed by atoms with van der Waals surface area (Å²) in [6.07, 6.45) is 2.27. The average molecular weight is 271 g/mol. The van der Waals surface area contributed by atoms with Gasteiger partial charge >= 0.3 is 0 Å². The third-order valence-corrected chi connectivity index (χ3v) is 3.53. The van der Waals surface area contributed by atoms with Crippen LogP contribution < -0.4 is 10.6 Å². The largest absolute Gasteiger partial charge is 0.347 e. The Balaban J connectivity index is 1.71. The molecule has 1 atom stereocenters. The van der Waals surface area contributed by atoms with Gasteiger partial charge in [-0.1, -0.05) is 0 Å². The number of hydrogen-bond donors (Lipinski definition) is 3. The van der Waals surface area contributed by atoms with Gasteiger partial charge < -0.3 is 10.3 Å². The van der Waals surface area contributed by atoms with E-state index in [2.05, 4.69) is 25.6 Å². The second kappa shape index (κ2) is 5.05. The Labute approximate surface area is 117 Å². The van der Waals surface area contributed by atoms with Crippen LogP contribution in [0.25, 0.3) is 0 Å². The molecule has 104 valence electrons. The molecular formula is C14H17N5O. The zero-order chi connectivity index (χ0) is 14.1. The van der Waals surface area contributed by atoms with Crippen LogP contribution in [-0.4, -0.2) is 26.9 Å². The summed E-state index contributed by atoms with van der Waals surface area (Å²) in [6, 6.07) is 3.52. The molecule has 0 fully saturated rings. The fraction of sp³-hybridized carbons (Fsp3) is 0.357. The number of aromatic amines is 1. The van der Waals surface area contributed by atoms with E-state index < -0.39 is 0 Å². The van der Waals surface area contributed by atoms with E-state index in [1.165, 1.54) is 0 Å². The minimum Gasteiger partial charge on any atom is -0.347 e. The number of H-pyrrole nitrogens is 1. The van der Waals surface area contributed by atoms with Crippen molar-refractivity contribution in [3.05, 3.63) is 41.2 Å². The Morgan fingerprint density at radius 1 is 1.40 bits per heavy atom. The van der Waals surface area contributed by atoms with Gasteiger partial charge in [0, 0.05) is 18.7 Å². The Hall–Kier alpha value is -2.21. The van der Waals surface area contributed by atoms with Crippen LogP contribution in [0.1, 0.15) is 22.8 Å². The van der Waals surface area contributed by atoms with E-state index in [1.54, 1.807) is 6.33 Å². The molecule has 0 radical (unpaired) electrons. The predicted octanol–water partition coefficient (Wildman–Crippen LogP) is 1.07. The maximum absolute atomic E-state index is 12.3. The Morgan fingerprint density at radius 2 is 2.25 bits per heavy atom. The van der Waals surface area contributed by atoms with Crippen molar-refractivity contribution in [3.8, 4) is 0 Å². The molecule has 1 unspecified atom stereocenters. The number of anilines is 1. The molecule has 0 saturated carbocycles. The van der Waals surface area contributed by atoms with E-state index in [1.807, 2.05) is 26.0 Å².